The number of nitrogens with zero attached hydrogens (tertiary/aromatic N) is 4. The number of halogens is 1. The number of hydrogen-bond donors (Lipinski definition) is 2. The van der Waals surface area contributed by atoms with Gasteiger partial charge in [-0.2, -0.15) is 0 Å². The molecule has 1 aliphatic carbocycles. The van der Waals surface area contributed by atoms with Gasteiger partial charge >= 0.3 is 6.09 Å². The molecule has 2 N–H and O–H groups in total. The second kappa shape index (κ2) is 6.19. The summed E-state index contributed by atoms with van der Waals surface area (Å²) in [5.74, 6) is -0.581. The van der Waals surface area contributed by atoms with E-state index in [-0.39, 0.29) is 17.2 Å². The smallest absolute Gasteiger partial charge is 0.408 e. The van der Waals surface area contributed by atoms with Gasteiger partial charge in [-0.1, -0.05) is 17.4 Å². The Balaban J connectivity index is 1.59. The molecule has 8 heteroatoms. The van der Waals surface area contributed by atoms with Crippen LogP contribution < -0.4 is 0 Å². The summed E-state index contributed by atoms with van der Waals surface area (Å²) in [7, 11) is 0. The molecule has 26 heavy (non-hydrogen) atoms. The topological polar surface area (TPSA) is 88.7 Å². The fourth-order valence-corrected chi connectivity index (χ4v) is 4.76. The van der Waals surface area contributed by atoms with Gasteiger partial charge in [0.25, 0.3) is 0 Å². The molecule has 2 atom stereocenters. The molecular weight excluding hydrogens is 339 g/mol. The molecule has 0 spiro atoms. The van der Waals surface area contributed by atoms with Crippen molar-refractivity contribution in [2.75, 3.05) is 13.1 Å². The molecule has 140 valence electrons. The number of benzene rings is 1. The third kappa shape index (κ3) is 2.63. The van der Waals surface area contributed by atoms with Crippen LogP contribution in [0.15, 0.2) is 28.5 Å². The molecule has 4 fully saturated rings. The third-order valence-electron chi connectivity index (χ3n) is 5.98. The predicted molar refractivity (Wildman–Crippen MR) is 91.5 cm³/mol. The molecule has 5 rings (SSSR count). The summed E-state index contributed by atoms with van der Waals surface area (Å²) in [6.45, 7) is 3.49. The number of aliphatic hydroxyl groups excluding tert-OH is 1. The minimum absolute atomic E-state index is 0.0559. The molecule has 0 aromatic heterocycles. The van der Waals surface area contributed by atoms with E-state index in [9.17, 15) is 19.4 Å². The minimum atomic E-state index is -1.22. The zero-order chi connectivity index (χ0) is 18.5. The van der Waals surface area contributed by atoms with E-state index < -0.39 is 29.6 Å². The largest absolute Gasteiger partial charge is 0.465 e. The lowest BCUT2D eigenvalue weighted by Crippen LogP contribution is -2.47. The molecule has 3 aliphatic heterocycles. The highest BCUT2D eigenvalue weighted by atomic mass is 19.1. The summed E-state index contributed by atoms with van der Waals surface area (Å²) < 4.78 is 14.9. The van der Waals surface area contributed by atoms with Crippen molar-refractivity contribution in [1.82, 2.24) is 9.91 Å². The molecule has 3 saturated heterocycles. The van der Waals surface area contributed by atoms with Crippen molar-refractivity contribution in [2.24, 2.45) is 16.3 Å². The van der Waals surface area contributed by atoms with Gasteiger partial charge in [-0.15, -0.1) is 5.11 Å². The van der Waals surface area contributed by atoms with E-state index in [0.29, 0.717) is 12.8 Å². The first kappa shape index (κ1) is 17.2. The SMILES string of the molecule is CC12CC(C1)[C@@H]([C@H](O)c1cccc(N=NN3CCCC3)c1F)N2C(=O)O. The first-order valence-corrected chi connectivity index (χ1v) is 9.06. The van der Waals surface area contributed by atoms with E-state index in [4.69, 9.17) is 0 Å². The standard InChI is InChI=1S/C18H23FN4O3/c1-18-9-11(10-18)15(23(18)17(25)26)16(24)12-5-4-6-13(14(12)19)20-21-22-7-2-3-8-22/h4-6,11,15-16,24H,2-3,7-10H2,1H3,(H,25,26)/t11?,15-,16+,18?/m0/s1. The average Bonchev–Trinajstić information content (AvgIpc) is 3.25. The van der Waals surface area contributed by atoms with E-state index in [1.807, 2.05) is 6.92 Å². The van der Waals surface area contributed by atoms with Crippen molar-refractivity contribution in [3.05, 3.63) is 29.6 Å². The van der Waals surface area contributed by atoms with Crippen LogP contribution in [0.4, 0.5) is 14.9 Å². The monoisotopic (exact) mass is 362 g/mol. The highest BCUT2D eigenvalue weighted by Gasteiger charge is 2.63. The fourth-order valence-electron chi connectivity index (χ4n) is 4.76. The zero-order valence-corrected chi connectivity index (χ0v) is 14.7. The summed E-state index contributed by atoms with van der Waals surface area (Å²) in [4.78, 5) is 13.0. The zero-order valence-electron chi connectivity index (χ0n) is 14.7. The lowest BCUT2D eigenvalue weighted by Gasteiger charge is -2.37. The molecule has 3 heterocycles. The quantitative estimate of drug-likeness (QED) is 0.803. The Labute approximate surface area is 151 Å². The predicted octanol–water partition coefficient (Wildman–Crippen LogP) is 3.48. The minimum Gasteiger partial charge on any atom is -0.465 e. The highest BCUT2D eigenvalue weighted by molar-refractivity contribution is 5.68. The van der Waals surface area contributed by atoms with Crippen molar-refractivity contribution < 1.29 is 19.4 Å². The third-order valence-corrected chi connectivity index (χ3v) is 5.98. The Morgan fingerprint density at radius 2 is 2.04 bits per heavy atom. The Morgan fingerprint density at radius 1 is 1.35 bits per heavy atom. The van der Waals surface area contributed by atoms with Gasteiger partial charge in [0, 0.05) is 24.2 Å². The summed E-state index contributed by atoms with van der Waals surface area (Å²) in [5.41, 5.74) is -0.312. The van der Waals surface area contributed by atoms with Crippen LogP contribution in [0.25, 0.3) is 0 Å². The van der Waals surface area contributed by atoms with Crippen LogP contribution in [-0.4, -0.2) is 50.9 Å². The Kier molecular flexibility index (Phi) is 4.10. The van der Waals surface area contributed by atoms with Gasteiger partial charge in [-0.3, -0.25) is 9.91 Å². The van der Waals surface area contributed by atoms with Crippen LogP contribution in [-0.2, 0) is 0 Å². The van der Waals surface area contributed by atoms with Crippen molar-refractivity contribution in [1.29, 1.82) is 0 Å². The maximum atomic E-state index is 14.9. The number of fused-ring (bicyclic) bond motifs is 1. The molecular formula is C18H23FN4O3. The highest BCUT2D eigenvalue weighted by Crippen LogP contribution is 2.57. The Morgan fingerprint density at radius 3 is 2.69 bits per heavy atom. The van der Waals surface area contributed by atoms with E-state index in [1.54, 1.807) is 11.1 Å². The lowest BCUT2D eigenvalue weighted by molar-refractivity contribution is 0.0499. The van der Waals surface area contributed by atoms with Crippen molar-refractivity contribution in [3.8, 4) is 0 Å². The van der Waals surface area contributed by atoms with Gasteiger partial charge in [0.05, 0.1) is 6.04 Å². The number of hydrogen-bond acceptors (Lipinski definition) is 4. The van der Waals surface area contributed by atoms with Gasteiger partial charge in [-0.05, 0) is 44.6 Å². The van der Waals surface area contributed by atoms with Crippen LogP contribution in [0.3, 0.4) is 0 Å². The summed E-state index contributed by atoms with van der Waals surface area (Å²) >= 11 is 0. The number of carboxylic acid groups (broad SMARTS) is 1. The van der Waals surface area contributed by atoms with Crippen LogP contribution in [0.2, 0.25) is 0 Å². The van der Waals surface area contributed by atoms with Crippen molar-refractivity contribution in [3.63, 3.8) is 0 Å². The number of aliphatic hydroxyl groups is 1. The molecule has 1 aromatic carbocycles. The Bertz CT molecular complexity index is 744. The summed E-state index contributed by atoms with van der Waals surface area (Å²) in [5, 5.41) is 30.2. The van der Waals surface area contributed by atoms with Gasteiger partial charge in [0.1, 0.15) is 11.8 Å². The Hall–Kier alpha value is -2.22. The van der Waals surface area contributed by atoms with Crippen LogP contribution in [0.1, 0.15) is 44.3 Å². The van der Waals surface area contributed by atoms with Crippen LogP contribution in [0, 0.1) is 11.7 Å². The molecule has 0 radical (unpaired) electrons. The normalized spacial score (nSPS) is 31.5. The summed E-state index contributed by atoms with van der Waals surface area (Å²) in [6.07, 6.45) is 1.22. The molecule has 4 aliphatic rings. The molecule has 1 amide bonds. The number of amides is 1. The van der Waals surface area contributed by atoms with Crippen molar-refractivity contribution >= 4 is 11.8 Å². The van der Waals surface area contributed by atoms with Gasteiger partial charge in [0.2, 0.25) is 0 Å². The lowest BCUT2D eigenvalue weighted by atomic mass is 9.72. The molecule has 7 nitrogen and oxygen atoms in total. The van der Waals surface area contributed by atoms with Gasteiger partial charge in [-0.25, -0.2) is 9.18 Å². The second-order valence-electron chi connectivity index (χ2n) is 7.78. The van der Waals surface area contributed by atoms with Crippen LogP contribution >= 0.6 is 0 Å². The van der Waals surface area contributed by atoms with Gasteiger partial charge < -0.3 is 10.2 Å². The van der Waals surface area contributed by atoms with E-state index in [0.717, 1.165) is 25.9 Å². The molecule has 2 bridgehead atoms. The van der Waals surface area contributed by atoms with E-state index >= 15 is 0 Å². The number of rotatable bonds is 4. The van der Waals surface area contributed by atoms with Gasteiger partial charge in [0.15, 0.2) is 5.82 Å². The van der Waals surface area contributed by atoms with E-state index in [2.05, 4.69) is 10.3 Å². The van der Waals surface area contributed by atoms with Crippen molar-refractivity contribution in [2.45, 2.75) is 50.3 Å². The number of carbonyl (C=O) groups is 1. The van der Waals surface area contributed by atoms with E-state index in [1.165, 1.54) is 17.0 Å². The fraction of sp³-hybridized carbons (Fsp3) is 0.611. The average molecular weight is 362 g/mol. The maximum Gasteiger partial charge on any atom is 0.408 e. The van der Waals surface area contributed by atoms with Crippen LogP contribution in [0.5, 0.6) is 0 Å². The second-order valence-corrected chi connectivity index (χ2v) is 7.78. The first-order chi connectivity index (χ1) is 12.4. The molecule has 1 aromatic rings. The molecule has 0 unspecified atom stereocenters. The molecule has 1 saturated carbocycles. The maximum absolute atomic E-state index is 14.9. The first-order valence-electron chi connectivity index (χ1n) is 9.06. The summed E-state index contributed by atoms with van der Waals surface area (Å²) in [6, 6.07) is 3.99.